The predicted octanol–water partition coefficient (Wildman–Crippen LogP) is 6.79. The molecule has 1 aromatic carbocycles. The molecule has 0 radical (unpaired) electrons. The summed E-state index contributed by atoms with van der Waals surface area (Å²) in [5.41, 5.74) is 6.00. The second-order valence-corrected chi connectivity index (χ2v) is 8.15. The molecule has 0 saturated carbocycles. The van der Waals surface area contributed by atoms with Crippen molar-refractivity contribution < 1.29 is 9.53 Å². The van der Waals surface area contributed by atoms with Gasteiger partial charge in [-0.05, 0) is 76.3 Å². The molecule has 1 heterocycles. The van der Waals surface area contributed by atoms with Gasteiger partial charge in [0.2, 0.25) is 11.7 Å². The minimum atomic E-state index is -0.0617. The number of hydrogen-bond acceptors (Lipinski definition) is 3. The van der Waals surface area contributed by atoms with Crippen LogP contribution in [0.1, 0.15) is 86.6 Å². The van der Waals surface area contributed by atoms with Gasteiger partial charge in [0, 0.05) is 17.1 Å². The summed E-state index contributed by atoms with van der Waals surface area (Å²) in [6.07, 6.45) is 2.91. The molecule has 0 aliphatic rings. The molecule has 0 amide bonds. The molecule has 4 nitrogen and oxygen atoms in total. The van der Waals surface area contributed by atoms with E-state index in [4.69, 9.17) is 16.3 Å². The van der Waals surface area contributed by atoms with Crippen molar-refractivity contribution in [1.29, 1.82) is 0 Å². The fourth-order valence-electron chi connectivity index (χ4n) is 3.40. The van der Waals surface area contributed by atoms with Crippen LogP contribution in [0.5, 0.6) is 5.88 Å². The Morgan fingerprint density at radius 3 is 2.38 bits per heavy atom. The van der Waals surface area contributed by atoms with Gasteiger partial charge < -0.3 is 4.74 Å². The normalized spacial score (nSPS) is 10.9. The van der Waals surface area contributed by atoms with Crippen LogP contribution in [-0.2, 0) is 6.54 Å². The Morgan fingerprint density at radius 2 is 1.79 bits per heavy atom. The maximum absolute atomic E-state index is 13.6. The van der Waals surface area contributed by atoms with E-state index >= 15 is 0 Å². The molecule has 5 heteroatoms. The fourth-order valence-corrected chi connectivity index (χ4v) is 3.74. The SMILES string of the molecule is CCCCn1nc(C)c(C(=O)c2ccc(Cl)c(C(C)=C(C)C)c2C)c1OCCC. The van der Waals surface area contributed by atoms with Crippen molar-refractivity contribution in [2.75, 3.05) is 6.61 Å². The van der Waals surface area contributed by atoms with Gasteiger partial charge in [-0.25, -0.2) is 4.68 Å². The van der Waals surface area contributed by atoms with Gasteiger partial charge in [-0.3, -0.25) is 4.79 Å². The highest BCUT2D eigenvalue weighted by Crippen LogP contribution is 2.34. The Morgan fingerprint density at radius 1 is 1.10 bits per heavy atom. The van der Waals surface area contributed by atoms with E-state index in [-0.39, 0.29) is 5.78 Å². The lowest BCUT2D eigenvalue weighted by molar-refractivity contribution is 0.103. The Labute approximate surface area is 179 Å². The summed E-state index contributed by atoms with van der Waals surface area (Å²) in [5.74, 6) is 0.519. The number of carbonyl (C=O) groups is 1. The molecule has 2 rings (SSSR count). The third kappa shape index (κ3) is 4.92. The van der Waals surface area contributed by atoms with E-state index < -0.39 is 0 Å². The molecule has 0 atom stereocenters. The van der Waals surface area contributed by atoms with Crippen molar-refractivity contribution in [2.45, 2.75) is 74.3 Å². The summed E-state index contributed by atoms with van der Waals surface area (Å²) in [5, 5.41) is 5.28. The minimum Gasteiger partial charge on any atom is -0.477 e. The molecule has 0 saturated heterocycles. The Hall–Kier alpha value is -2.07. The standard InChI is InChI=1S/C24H33ClN2O2/c1-8-10-13-27-24(29-14-9-2)22(18(7)26-27)23(28)19-11-12-20(25)21(17(19)6)16(5)15(3)4/h11-12H,8-10,13-14H2,1-7H3. The molecule has 1 aromatic heterocycles. The highest BCUT2D eigenvalue weighted by Gasteiger charge is 2.26. The highest BCUT2D eigenvalue weighted by atomic mass is 35.5. The zero-order valence-electron chi connectivity index (χ0n) is 18.8. The molecule has 158 valence electrons. The molecule has 2 aromatic rings. The third-order valence-electron chi connectivity index (χ3n) is 5.26. The highest BCUT2D eigenvalue weighted by molar-refractivity contribution is 6.32. The number of unbranched alkanes of at least 4 members (excludes halogenated alkanes) is 1. The van der Waals surface area contributed by atoms with Crippen LogP contribution < -0.4 is 4.74 Å². The Bertz CT molecular complexity index is 921. The Kier molecular flexibility index (Phi) is 8.09. The zero-order valence-corrected chi connectivity index (χ0v) is 19.5. The number of rotatable bonds is 9. The number of ketones is 1. The van der Waals surface area contributed by atoms with E-state index in [1.165, 1.54) is 5.57 Å². The van der Waals surface area contributed by atoms with E-state index in [2.05, 4.69) is 32.8 Å². The molecule has 0 aliphatic carbocycles. The summed E-state index contributed by atoms with van der Waals surface area (Å²) in [6, 6.07) is 3.63. The van der Waals surface area contributed by atoms with E-state index in [0.717, 1.165) is 42.5 Å². The van der Waals surface area contributed by atoms with Crippen molar-refractivity contribution >= 4 is 23.0 Å². The van der Waals surface area contributed by atoms with Crippen molar-refractivity contribution in [3.05, 3.63) is 50.7 Å². The number of ether oxygens (including phenoxy) is 1. The molecule has 0 bridgehead atoms. The van der Waals surface area contributed by atoms with Crippen molar-refractivity contribution in [3.63, 3.8) is 0 Å². The van der Waals surface area contributed by atoms with Crippen LogP contribution in [0.3, 0.4) is 0 Å². The molecule has 0 N–H and O–H groups in total. The number of benzene rings is 1. The molecule has 29 heavy (non-hydrogen) atoms. The minimum absolute atomic E-state index is 0.0617. The second-order valence-electron chi connectivity index (χ2n) is 7.74. The van der Waals surface area contributed by atoms with Crippen LogP contribution in [0, 0.1) is 13.8 Å². The predicted molar refractivity (Wildman–Crippen MR) is 121 cm³/mol. The summed E-state index contributed by atoms with van der Waals surface area (Å²) in [7, 11) is 0. The first kappa shape index (κ1) is 23.2. The van der Waals surface area contributed by atoms with Gasteiger partial charge in [-0.1, -0.05) is 37.4 Å². The first-order valence-electron chi connectivity index (χ1n) is 10.4. The topological polar surface area (TPSA) is 44.1 Å². The monoisotopic (exact) mass is 416 g/mol. The van der Waals surface area contributed by atoms with Gasteiger partial charge in [-0.2, -0.15) is 5.10 Å². The van der Waals surface area contributed by atoms with E-state index in [0.29, 0.717) is 34.3 Å². The number of allylic oxidation sites excluding steroid dienone is 2. The fraction of sp³-hybridized carbons (Fsp3) is 0.500. The van der Waals surface area contributed by atoms with Crippen LogP contribution in [0.25, 0.3) is 5.57 Å². The lowest BCUT2D eigenvalue weighted by Crippen LogP contribution is -2.11. The van der Waals surface area contributed by atoms with E-state index in [1.807, 2.05) is 37.6 Å². The van der Waals surface area contributed by atoms with Gasteiger partial charge in [-0.15, -0.1) is 0 Å². The maximum Gasteiger partial charge on any atom is 0.223 e. The van der Waals surface area contributed by atoms with Crippen LogP contribution in [0.15, 0.2) is 17.7 Å². The molecular formula is C24H33ClN2O2. The van der Waals surface area contributed by atoms with Gasteiger partial charge in [0.25, 0.3) is 0 Å². The van der Waals surface area contributed by atoms with Gasteiger partial charge in [0.05, 0.1) is 12.3 Å². The van der Waals surface area contributed by atoms with E-state index in [9.17, 15) is 4.79 Å². The summed E-state index contributed by atoms with van der Waals surface area (Å²) in [6.45, 7) is 15.5. The second kappa shape index (κ2) is 10.1. The van der Waals surface area contributed by atoms with Crippen LogP contribution in [0.4, 0.5) is 0 Å². The van der Waals surface area contributed by atoms with Crippen molar-refractivity contribution in [3.8, 4) is 5.88 Å². The maximum atomic E-state index is 13.6. The van der Waals surface area contributed by atoms with Crippen LogP contribution in [-0.4, -0.2) is 22.2 Å². The molecule has 0 spiro atoms. The zero-order chi connectivity index (χ0) is 21.7. The number of aryl methyl sites for hydroxylation is 2. The smallest absolute Gasteiger partial charge is 0.223 e. The first-order chi connectivity index (χ1) is 13.7. The molecule has 0 unspecified atom stereocenters. The molecule has 0 fully saturated rings. The van der Waals surface area contributed by atoms with Gasteiger partial charge >= 0.3 is 0 Å². The average Bonchev–Trinajstić information content (AvgIpc) is 2.99. The summed E-state index contributed by atoms with van der Waals surface area (Å²) < 4.78 is 7.84. The number of halogens is 1. The third-order valence-corrected chi connectivity index (χ3v) is 5.57. The average molecular weight is 417 g/mol. The first-order valence-corrected chi connectivity index (χ1v) is 10.8. The number of hydrogen-bond donors (Lipinski definition) is 0. The largest absolute Gasteiger partial charge is 0.477 e. The summed E-state index contributed by atoms with van der Waals surface area (Å²) in [4.78, 5) is 13.6. The molecular weight excluding hydrogens is 384 g/mol. The van der Waals surface area contributed by atoms with Crippen molar-refractivity contribution in [1.82, 2.24) is 9.78 Å². The number of carbonyl (C=O) groups excluding carboxylic acids is 1. The van der Waals surface area contributed by atoms with Gasteiger partial charge in [0.1, 0.15) is 5.56 Å². The van der Waals surface area contributed by atoms with E-state index in [1.54, 1.807) is 0 Å². The number of nitrogens with zero attached hydrogens (tertiary/aromatic N) is 2. The van der Waals surface area contributed by atoms with Crippen LogP contribution >= 0.6 is 11.6 Å². The summed E-state index contributed by atoms with van der Waals surface area (Å²) >= 11 is 6.50. The lowest BCUT2D eigenvalue weighted by Gasteiger charge is -2.15. The van der Waals surface area contributed by atoms with Crippen LogP contribution in [0.2, 0.25) is 5.02 Å². The quantitative estimate of drug-likeness (QED) is 0.423. The van der Waals surface area contributed by atoms with Crippen molar-refractivity contribution in [2.24, 2.45) is 0 Å². The Balaban J connectivity index is 2.62. The lowest BCUT2D eigenvalue weighted by atomic mass is 9.91. The van der Waals surface area contributed by atoms with Gasteiger partial charge in [0.15, 0.2) is 0 Å². The number of aromatic nitrogens is 2. The molecule has 0 aliphatic heterocycles.